The molecule has 160 valence electrons. The highest BCUT2D eigenvalue weighted by Gasteiger charge is 2.23. The van der Waals surface area contributed by atoms with Crippen LogP contribution in [0.2, 0.25) is 0 Å². The average molecular weight is 417 g/mol. The second kappa shape index (κ2) is 9.06. The predicted molar refractivity (Wildman–Crippen MR) is 121 cm³/mol. The minimum atomic E-state index is 0.191. The number of nitrogens with zero attached hydrogens (tertiary/aromatic N) is 4. The molecule has 1 aliphatic carbocycles. The Hall–Kier alpha value is -2.93. The van der Waals surface area contributed by atoms with Gasteiger partial charge in [-0.2, -0.15) is 0 Å². The van der Waals surface area contributed by atoms with E-state index < -0.39 is 0 Å². The summed E-state index contributed by atoms with van der Waals surface area (Å²) in [7, 11) is 0. The number of benzene rings is 1. The molecular formula is C24H28N6O. The van der Waals surface area contributed by atoms with Crippen molar-refractivity contribution in [2.75, 3.05) is 18.4 Å². The summed E-state index contributed by atoms with van der Waals surface area (Å²) >= 11 is 0. The number of nitrogens with one attached hydrogen (secondary N) is 2. The van der Waals surface area contributed by atoms with Crippen LogP contribution in [0.1, 0.15) is 44.3 Å². The van der Waals surface area contributed by atoms with Gasteiger partial charge in [0.1, 0.15) is 17.4 Å². The summed E-state index contributed by atoms with van der Waals surface area (Å²) in [5, 5.41) is 7.84. The number of hydrogen-bond donors (Lipinski definition) is 2. The number of ketones is 1. The fourth-order valence-electron chi connectivity index (χ4n) is 4.60. The third-order valence-corrected chi connectivity index (χ3v) is 6.40. The van der Waals surface area contributed by atoms with E-state index >= 15 is 0 Å². The standard InChI is InChI=1S/C24H28N6O/c31-22(16-3-1-2-4-16)12-23-27-13-18-6-5-17(11-20(18)29-23)21-14-26-15-24(30-21)28-19-7-9-25-10-8-19/h5-6,11,13-16,19,25H,1-4,7-10,12H2,(H,28,30). The van der Waals surface area contributed by atoms with Crippen LogP contribution >= 0.6 is 0 Å². The first-order valence-corrected chi connectivity index (χ1v) is 11.3. The second-order valence-electron chi connectivity index (χ2n) is 8.64. The normalized spacial score (nSPS) is 17.8. The number of Topliss-reactive ketones (excluding diaryl/α,β-unsaturated/α-hetero) is 1. The van der Waals surface area contributed by atoms with Crippen molar-refractivity contribution in [3.8, 4) is 11.3 Å². The zero-order valence-electron chi connectivity index (χ0n) is 17.7. The molecule has 31 heavy (non-hydrogen) atoms. The Kier molecular flexibility index (Phi) is 5.84. The molecule has 0 amide bonds. The molecule has 5 rings (SSSR count). The molecule has 2 aromatic heterocycles. The van der Waals surface area contributed by atoms with Crippen molar-refractivity contribution in [3.05, 3.63) is 42.6 Å². The van der Waals surface area contributed by atoms with Crippen LogP contribution in [0.15, 0.2) is 36.8 Å². The van der Waals surface area contributed by atoms with Crippen molar-refractivity contribution in [1.82, 2.24) is 25.3 Å². The molecule has 7 heteroatoms. The summed E-state index contributed by atoms with van der Waals surface area (Å²) in [6.07, 6.45) is 12.2. The molecular weight excluding hydrogens is 388 g/mol. The molecule has 1 saturated carbocycles. The maximum Gasteiger partial charge on any atom is 0.145 e. The zero-order valence-corrected chi connectivity index (χ0v) is 17.7. The summed E-state index contributed by atoms with van der Waals surface area (Å²) in [6, 6.07) is 6.46. The van der Waals surface area contributed by atoms with E-state index in [4.69, 9.17) is 4.98 Å². The lowest BCUT2D eigenvalue weighted by Crippen LogP contribution is -2.35. The molecule has 0 atom stereocenters. The molecule has 0 radical (unpaired) electrons. The van der Waals surface area contributed by atoms with Crippen LogP contribution < -0.4 is 10.6 Å². The van der Waals surface area contributed by atoms with Gasteiger partial charge in [-0.15, -0.1) is 0 Å². The maximum absolute atomic E-state index is 12.5. The molecule has 1 aliphatic heterocycles. The minimum Gasteiger partial charge on any atom is -0.366 e. The largest absolute Gasteiger partial charge is 0.366 e. The van der Waals surface area contributed by atoms with E-state index in [9.17, 15) is 4.79 Å². The lowest BCUT2D eigenvalue weighted by Gasteiger charge is -2.24. The monoisotopic (exact) mass is 416 g/mol. The van der Waals surface area contributed by atoms with Gasteiger partial charge in [-0.1, -0.05) is 25.0 Å². The molecule has 1 aromatic carbocycles. The van der Waals surface area contributed by atoms with Crippen LogP contribution in [-0.2, 0) is 11.2 Å². The topological polar surface area (TPSA) is 92.7 Å². The third kappa shape index (κ3) is 4.71. The van der Waals surface area contributed by atoms with Gasteiger partial charge in [-0.3, -0.25) is 9.78 Å². The number of hydrogen-bond acceptors (Lipinski definition) is 7. The van der Waals surface area contributed by atoms with Gasteiger partial charge in [-0.05, 0) is 44.8 Å². The van der Waals surface area contributed by atoms with E-state index in [0.717, 1.165) is 79.6 Å². The van der Waals surface area contributed by atoms with Crippen molar-refractivity contribution < 1.29 is 4.79 Å². The Morgan fingerprint density at radius 3 is 2.71 bits per heavy atom. The molecule has 2 aliphatic rings. The highest BCUT2D eigenvalue weighted by molar-refractivity contribution is 5.85. The van der Waals surface area contributed by atoms with Crippen LogP contribution in [0.4, 0.5) is 5.82 Å². The van der Waals surface area contributed by atoms with Gasteiger partial charge in [0, 0.05) is 29.1 Å². The molecule has 0 spiro atoms. The zero-order chi connectivity index (χ0) is 21.0. The highest BCUT2D eigenvalue weighted by atomic mass is 16.1. The number of carbonyl (C=O) groups is 1. The van der Waals surface area contributed by atoms with Crippen molar-refractivity contribution in [1.29, 1.82) is 0 Å². The Morgan fingerprint density at radius 1 is 1.03 bits per heavy atom. The van der Waals surface area contributed by atoms with E-state index in [-0.39, 0.29) is 11.7 Å². The second-order valence-corrected chi connectivity index (χ2v) is 8.64. The summed E-state index contributed by atoms with van der Waals surface area (Å²) < 4.78 is 0. The number of piperidine rings is 1. The summed E-state index contributed by atoms with van der Waals surface area (Å²) in [6.45, 7) is 2.06. The predicted octanol–water partition coefficient (Wildman–Crippen LogP) is 3.55. The van der Waals surface area contributed by atoms with Crippen LogP contribution in [0.25, 0.3) is 22.2 Å². The van der Waals surface area contributed by atoms with Gasteiger partial charge >= 0.3 is 0 Å². The Balaban J connectivity index is 1.36. The minimum absolute atomic E-state index is 0.191. The third-order valence-electron chi connectivity index (χ3n) is 6.40. The molecule has 2 fully saturated rings. The van der Waals surface area contributed by atoms with Gasteiger partial charge < -0.3 is 10.6 Å². The Morgan fingerprint density at radius 2 is 1.87 bits per heavy atom. The molecule has 1 saturated heterocycles. The van der Waals surface area contributed by atoms with E-state index in [1.54, 1.807) is 12.4 Å². The van der Waals surface area contributed by atoms with Crippen LogP contribution in [0.5, 0.6) is 0 Å². The first kappa shape index (κ1) is 20.0. The van der Waals surface area contributed by atoms with Gasteiger partial charge in [0.05, 0.1) is 30.0 Å². The van der Waals surface area contributed by atoms with E-state index in [1.165, 1.54) is 0 Å². The lowest BCUT2D eigenvalue weighted by atomic mass is 10.00. The molecule has 0 unspecified atom stereocenters. The smallest absolute Gasteiger partial charge is 0.145 e. The van der Waals surface area contributed by atoms with Crippen molar-refractivity contribution in [2.24, 2.45) is 5.92 Å². The summed E-state index contributed by atoms with van der Waals surface area (Å²) in [5.41, 5.74) is 2.60. The Bertz CT molecular complexity index is 1070. The fraction of sp³-hybridized carbons (Fsp3) is 0.458. The number of fused-ring (bicyclic) bond motifs is 1. The number of rotatable bonds is 6. The van der Waals surface area contributed by atoms with Gasteiger partial charge in [-0.25, -0.2) is 15.0 Å². The number of anilines is 1. The van der Waals surface area contributed by atoms with Crippen molar-refractivity contribution >= 4 is 22.5 Å². The van der Waals surface area contributed by atoms with E-state index in [2.05, 4.69) is 25.6 Å². The van der Waals surface area contributed by atoms with Crippen molar-refractivity contribution in [3.63, 3.8) is 0 Å². The molecule has 2 N–H and O–H groups in total. The summed E-state index contributed by atoms with van der Waals surface area (Å²) in [5.74, 6) is 1.87. The first-order valence-electron chi connectivity index (χ1n) is 11.3. The van der Waals surface area contributed by atoms with Crippen LogP contribution in [0.3, 0.4) is 0 Å². The van der Waals surface area contributed by atoms with E-state index in [0.29, 0.717) is 18.3 Å². The van der Waals surface area contributed by atoms with Gasteiger partial charge in [0.25, 0.3) is 0 Å². The average Bonchev–Trinajstić information content (AvgIpc) is 3.35. The quantitative estimate of drug-likeness (QED) is 0.635. The molecule has 7 nitrogen and oxygen atoms in total. The van der Waals surface area contributed by atoms with Gasteiger partial charge in [0.15, 0.2) is 0 Å². The lowest BCUT2D eigenvalue weighted by molar-refractivity contribution is -0.122. The maximum atomic E-state index is 12.5. The molecule has 0 bridgehead atoms. The summed E-state index contributed by atoms with van der Waals surface area (Å²) in [4.78, 5) is 30.8. The fourth-order valence-corrected chi connectivity index (χ4v) is 4.60. The van der Waals surface area contributed by atoms with Gasteiger partial charge in [0.2, 0.25) is 0 Å². The Labute approximate surface area is 182 Å². The first-order chi connectivity index (χ1) is 15.2. The molecule has 3 aromatic rings. The van der Waals surface area contributed by atoms with Crippen LogP contribution in [0, 0.1) is 5.92 Å². The van der Waals surface area contributed by atoms with Crippen molar-refractivity contribution in [2.45, 2.75) is 51.0 Å². The number of aromatic nitrogens is 4. The highest BCUT2D eigenvalue weighted by Crippen LogP contribution is 2.27. The van der Waals surface area contributed by atoms with Crippen LogP contribution in [-0.4, -0.2) is 44.9 Å². The number of carbonyl (C=O) groups excluding carboxylic acids is 1. The molecule has 3 heterocycles. The van der Waals surface area contributed by atoms with E-state index in [1.807, 2.05) is 24.4 Å². The SMILES string of the molecule is O=C(Cc1ncc2ccc(-c3cncc(NC4CCNCC4)n3)cc2n1)C1CCCC1.